The van der Waals surface area contributed by atoms with Crippen LogP contribution in [-0.2, 0) is 9.53 Å². The number of aliphatic hydroxyl groups is 1. The fourth-order valence-corrected chi connectivity index (χ4v) is 3.75. The molecule has 5 nitrogen and oxygen atoms in total. The van der Waals surface area contributed by atoms with Crippen molar-refractivity contribution in [1.29, 1.82) is 0 Å². The Morgan fingerprint density at radius 2 is 1.86 bits per heavy atom. The molecule has 0 bridgehead atoms. The molecular formula is C17H32N2O3. The van der Waals surface area contributed by atoms with Crippen molar-refractivity contribution in [2.45, 2.75) is 76.6 Å². The van der Waals surface area contributed by atoms with Gasteiger partial charge < -0.3 is 15.2 Å². The SMILES string of the molecule is CC1CN(CCCNC(=O)CC2(O)CCCCC2)CC(C)O1. The highest BCUT2D eigenvalue weighted by Crippen LogP contribution is 2.30. The van der Waals surface area contributed by atoms with E-state index < -0.39 is 5.60 Å². The van der Waals surface area contributed by atoms with E-state index in [2.05, 4.69) is 24.1 Å². The van der Waals surface area contributed by atoms with Crippen LogP contribution in [0.15, 0.2) is 0 Å². The minimum Gasteiger partial charge on any atom is -0.389 e. The van der Waals surface area contributed by atoms with Gasteiger partial charge in [0.15, 0.2) is 0 Å². The molecule has 128 valence electrons. The predicted octanol–water partition coefficient (Wildman–Crippen LogP) is 1.69. The lowest BCUT2D eigenvalue weighted by Gasteiger charge is -2.35. The molecule has 0 aromatic carbocycles. The molecule has 5 heteroatoms. The molecule has 1 saturated heterocycles. The highest BCUT2D eigenvalue weighted by Gasteiger charge is 2.31. The summed E-state index contributed by atoms with van der Waals surface area (Å²) in [6, 6.07) is 0. The third-order valence-electron chi connectivity index (χ3n) is 4.74. The van der Waals surface area contributed by atoms with Crippen LogP contribution in [0, 0.1) is 0 Å². The van der Waals surface area contributed by atoms with Gasteiger partial charge in [0.1, 0.15) is 0 Å². The molecule has 2 fully saturated rings. The molecule has 1 saturated carbocycles. The van der Waals surface area contributed by atoms with E-state index in [1.54, 1.807) is 0 Å². The maximum absolute atomic E-state index is 12.0. The minimum atomic E-state index is -0.753. The maximum atomic E-state index is 12.0. The van der Waals surface area contributed by atoms with Crippen LogP contribution in [0.5, 0.6) is 0 Å². The van der Waals surface area contributed by atoms with Gasteiger partial charge in [0.25, 0.3) is 0 Å². The van der Waals surface area contributed by atoms with Crippen molar-refractivity contribution in [3.05, 3.63) is 0 Å². The molecule has 1 aliphatic carbocycles. The number of amides is 1. The Morgan fingerprint density at radius 1 is 1.23 bits per heavy atom. The third-order valence-corrected chi connectivity index (χ3v) is 4.74. The number of carbonyl (C=O) groups excluding carboxylic acids is 1. The number of hydrogen-bond donors (Lipinski definition) is 2. The second kappa shape index (κ2) is 8.27. The molecule has 2 atom stereocenters. The normalized spacial score (nSPS) is 29.2. The van der Waals surface area contributed by atoms with Gasteiger partial charge in [-0.3, -0.25) is 9.69 Å². The predicted molar refractivity (Wildman–Crippen MR) is 86.7 cm³/mol. The summed E-state index contributed by atoms with van der Waals surface area (Å²) in [5.41, 5.74) is -0.753. The van der Waals surface area contributed by atoms with Crippen molar-refractivity contribution in [2.75, 3.05) is 26.2 Å². The van der Waals surface area contributed by atoms with Gasteiger partial charge in [-0.2, -0.15) is 0 Å². The lowest BCUT2D eigenvalue weighted by atomic mass is 9.82. The zero-order valence-corrected chi connectivity index (χ0v) is 14.1. The fraction of sp³-hybridized carbons (Fsp3) is 0.941. The van der Waals surface area contributed by atoms with Gasteiger partial charge in [0.2, 0.25) is 5.91 Å². The van der Waals surface area contributed by atoms with E-state index in [0.29, 0.717) is 18.8 Å². The van der Waals surface area contributed by atoms with Gasteiger partial charge >= 0.3 is 0 Å². The van der Waals surface area contributed by atoms with Crippen molar-refractivity contribution in [1.82, 2.24) is 10.2 Å². The van der Waals surface area contributed by atoms with E-state index in [-0.39, 0.29) is 12.3 Å². The highest BCUT2D eigenvalue weighted by atomic mass is 16.5. The first-order chi connectivity index (χ1) is 10.5. The molecular weight excluding hydrogens is 280 g/mol. The zero-order valence-electron chi connectivity index (χ0n) is 14.1. The van der Waals surface area contributed by atoms with E-state index in [1.807, 2.05) is 0 Å². The number of rotatable bonds is 6. The van der Waals surface area contributed by atoms with Gasteiger partial charge in [0, 0.05) is 26.2 Å². The van der Waals surface area contributed by atoms with Crippen LogP contribution >= 0.6 is 0 Å². The Kier molecular flexibility index (Phi) is 6.66. The number of hydrogen-bond acceptors (Lipinski definition) is 4. The van der Waals surface area contributed by atoms with Crippen LogP contribution in [0.4, 0.5) is 0 Å². The summed E-state index contributed by atoms with van der Waals surface area (Å²) in [4.78, 5) is 14.4. The Balaban J connectivity index is 1.59. The monoisotopic (exact) mass is 312 g/mol. The number of morpholine rings is 1. The van der Waals surface area contributed by atoms with Crippen molar-refractivity contribution < 1.29 is 14.6 Å². The first kappa shape index (κ1) is 17.7. The summed E-state index contributed by atoms with van der Waals surface area (Å²) in [7, 11) is 0. The van der Waals surface area contributed by atoms with Crippen LogP contribution in [0.3, 0.4) is 0 Å². The molecule has 2 N–H and O–H groups in total. The van der Waals surface area contributed by atoms with Gasteiger partial charge in [-0.1, -0.05) is 19.3 Å². The van der Waals surface area contributed by atoms with E-state index in [1.165, 1.54) is 6.42 Å². The second-order valence-corrected chi connectivity index (χ2v) is 7.18. The van der Waals surface area contributed by atoms with Crippen molar-refractivity contribution in [2.24, 2.45) is 0 Å². The number of ether oxygens (including phenoxy) is 1. The smallest absolute Gasteiger partial charge is 0.222 e. The van der Waals surface area contributed by atoms with Crippen LogP contribution in [0.1, 0.15) is 58.8 Å². The first-order valence-corrected chi connectivity index (χ1v) is 8.84. The minimum absolute atomic E-state index is 0.00638. The van der Waals surface area contributed by atoms with E-state index >= 15 is 0 Å². The Hall–Kier alpha value is -0.650. The molecule has 2 aliphatic rings. The molecule has 2 unspecified atom stereocenters. The molecule has 0 spiro atoms. The summed E-state index contributed by atoms with van der Waals surface area (Å²) in [5.74, 6) is -0.00638. The van der Waals surface area contributed by atoms with E-state index in [4.69, 9.17) is 4.74 Å². The van der Waals surface area contributed by atoms with Crippen molar-refractivity contribution in [3.8, 4) is 0 Å². The van der Waals surface area contributed by atoms with Crippen molar-refractivity contribution in [3.63, 3.8) is 0 Å². The third kappa shape index (κ3) is 5.86. The summed E-state index contributed by atoms with van der Waals surface area (Å²) in [6.45, 7) is 7.83. The average Bonchev–Trinajstić information content (AvgIpc) is 2.43. The molecule has 1 aliphatic heterocycles. The zero-order chi connectivity index (χ0) is 16.0. The largest absolute Gasteiger partial charge is 0.389 e. The molecule has 2 rings (SSSR count). The van der Waals surface area contributed by atoms with E-state index in [0.717, 1.165) is 51.7 Å². The van der Waals surface area contributed by atoms with E-state index in [9.17, 15) is 9.90 Å². The Labute approximate surface area is 134 Å². The Morgan fingerprint density at radius 3 is 2.50 bits per heavy atom. The molecule has 0 radical (unpaired) electrons. The lowest BCUT2D eigenvalue weighted by molar-refractivity contribution is -0.127. The molecule has 22 heavy (non-hydrogen) atoms. The topological polar surface area (TPSA) is 61.8 Å². The lowest BCUT2D eigenvalue weighted by Crippen LogP contribution is -2.46. The van der Waals surface area contributed by atoms with Crippen molar-refractivity contribution >= 4 is 5.91 Å². The number of nitrogens with one attached hydrogen (secondary N) is 1. The van der Waals surface area contributed by atoms with Crippen LogP contribution in [0.25, 0.3) is 0 Å². The standard InChI is InChI=1S/C17H32N2O3/c1-14-12-19(13-15(2)22-14)10-6-9-18-16(20)11-17(21)7-4-3-5-8-17/h14-15,21H,3-13H2,1-2H3,(H,18,20). The van der Waals surface area contributed by atoms with Gasteiger partial charge in [-0.15, -0.1) is 0 Å². The summed E-state index contributed by atoms with van der Waals surface area (Å²) >= 11 is 0. The number of nitrogens with zero attached hydrogens (tertiary/aromatic N) is 1. The second-order valence-electron chi connectivity index (χ2n) is 7.18. The quantitative estimate of drug-likeness (QED) is 0.733. The first-order valence-electron chi connectivity index (χ1n) is 8.84. The molecule has 1 heterocycles. The van der Waals surface area contributed by atoms with Gasteiger partial charge in [-0.25, -0.2) is 0 Å². The maximum Gasteiger partial charge on any atom is 0.222 e. The fourth-order valence-electron chi connectivity index (χ4n) is 3.75. The average molecular weight is 312 g/mol. The van der Waals surface area contributed by atoms with Crippen LogP contribution in [0.2, 0.25) is 0 Å². The Bertz CT molecular complexity index is 346. The number of carbonyl (C=O) groups is 1. The molecule has 1 amide bonds. The molecule has 0 aromatic heterocycles. The summed E-state index contributed by atoms with van der Waals surface area (Å²) in [5, 5.41) is 13.3. The van der Waals surface area contributed by atoms with Crippen LogP contribution < -0.4 is 5.32 Å². The summed E-state index contributed by atoms with van der Waals surface area (Å²) < 4.78 is 5.72. The van der Waals surface area contributed by atoms with Gasteiger partial charge in [0.05, 0.1) is 24.2 Å². The highest BCUT2D eigenvalue weighted by molar-refractivity contribution is 5.76. The molecule has 0 aromatic rings. The summed E-state index contributed by atoms with van der Waals surface area (Å²) in [6.07, 6.45) is 6.59. The van der Waals surface area contributed by atoms with Gasteiger partial charge in [-0.05, 0) is 33.1 Å². The van der Waals surface area contributed by atoms with Crippen LogP contribution in [-0.4, -0.2) is 59.9 Å².